The number of fused-ring (bicyclic) bond motifs is 1. The monoisotopic (exact) mass is 323 g/mol. The van der Waals surface area contributed by atoms with E-state index in [0.29, 0.717) is 6.04 Å². The Bertz CT molecular complexity index is 740. The van der Waals surface area contributed by atoms with Crippen molar-refractivity contribution >= 4 is 21.6 Å². The van der Waals surface area contributed by atoms with Crippen molar-refractivity contribution < 1.29 is 0 Å². The summed E-state index contributed by atoms with van der Waals surface area (Å²) >= 11 is 1.81. The van der Waals surface area contributed by atoms with E-state index in [2.05, 4.69) is 52.0 Å². The van der Waals surface area contributed by atoms with Gasteiger partial charge in [0.05, 0.1) is 10.2 Å². The van der Waals surface area contributed by atoms with E-state index in [4.69, 9.17) is 0 Å². The Labute approximate surface area is 140 Å². The van der Waals surface area contributed by atoms with Gasteiger partial charge in [0.15, 0.2) is 0 Å². The Hall–Kier alpha value is -1.75. The molecule has 4 rings (SSSR count). The van der Waals surface area contributed by atoms with Crippen molar-refractivity contribution in [2.75, 3.05) is 19.6 Å². The van der Waals surface area contributed by atoms with E-state index >= 15 is 0 Å². The number of aromatic nitrogens is 1. The predicted molar refractivity (Wildman–Crippen MR) is 98.0 cm³/mol. The van der Waals surface area contributed by atoms with Gasteiger partial charge in [0.2, 0.25) is 0 Å². The van der Waals surface area contributed by atoms with Crippen LogP contribution in [-0.4, -0.2) is 30.7 Å². The lowest BCUT2D eigenvalue weighted by atomic mass is 10.1. The number of benzene rings is 1. The maximum Gasteiger partial charge on any atom is 0.0816 e. The molecule has 4 heteroatoms. The SMILES string of the molecule is c1cnc2cc(-c3ccc(CCNC4CCNC4)cc3)sc2c1. The summed E-state index contributed by atoms with van der Waals surface area (Å²) in [7, 11) is 0. The van der Waals surface area contributed by atoms with Gasteiger partial charge in [-0.3, -0.25) is 4.98 Å². The normalized spacial score (nSPS) is 17.8. The zero-order chi connectivity index (χ0) is 15.5. The van der Waals surface area contributed by atoms with E-state index in [9.17, 15) is 0 Å². The fourth-order valence-electron chi connectivity index (χ4n) is 3.10. The van der Waals surface area contributed by atoms with Crippen LogP contribution in [0, 0.1) is 0 Å². The van der Waals surface area contributed by atoms with Crippen LogP contribution in [0.5, 0.6) is 0 Å². The van der Waals surface area contributed by atoms with Crippen LogP contribution >= 0.6 is 11.3 Å². The van der Waals surface area contributed by atoms with Crippen LogP contribution < -0.4 is 10.6 Å². The van der Waals surface area contributed by atoms with Crippen LogP contribution in [-0.2, 0) is 6.42 Å². The second-order valence-electron chi connectivity index (χ2n) is 6.09. The van der Waals surface area contributed by atoms with Gasteiger partial charge in [-0.05, 0) is 55.3 Å². The van der Waals surface area contributed by atoms with Gasteiger partial charge in [0.1, 0.15) is 0 Å². The third kappa shape index (κ3) is 3.44. The van der Waals surface area contributed by atoms with Crippen molar-refractivity contribution in [2.24, 2.45) is 0 Å². The van der Waals surface area contributed by atoms with E-state index in [1.54, 1.807) is 0 Å². The molecule has 0 saturated carbocycles. The molecule has 2 N–H and O–H groups in total. The van der Waals surface area contributed by atoms with Gasteiger partial charge < -0.3 is 10.6 Å². The standard InChI is InChI=1S/C19H21N3S/c1-2-18-17(22-9-1)12-19(23-18)15-5-3-14(4-6-15)7-11-21-16-8-10-20-13-16/h1-6,9,12,16,20-21H,7-8,10-11,13H2. The Morgan fingerprint density at radius 1 is 1.22 bits per heavy atom. The minimum atomic E-state index is 0.653. The fraction of sp³-hybridized carbons (Fsp3) is 0.316. The molecular weight excluding hydrogens is 302 g/mol. The number of hydrogen-bond donors (Lipinski definition) is 2. The van der Waals surface area contributed by atoms with Gasteiger partial charge in [-0.25, -0.2) is 0 Å². The largest absolute Gasteiger partial charge is 0.315 e. The third-order valence-corrected chi connectivity index (χ3v) is 5.57. The predicted octanol–water partition coefficient (Wildman–Crippen LogP) is 3.46. The second-order valence-corrected chi connectivity index (χ2v) is 7.17. The maximum atomic E-state index is 4.42. The van der Waals surface area contributed by atoms with Crippen LogP contribution in [0.25, 0.3) is 20.7 Å². The maximum absolute atomic E-state index is 4.42. The number of pyridine rings is 1. The molecule has 0 bridgehead atoms. The first-order valence-corrected chi connectivity index (χ1v) is 9.08. The zero-order valence-corrected chi connectivity index (χ0v) is 13.9. The first-order chi connectivity index (χ1) is 11.4. The van der Waals surface area contributed by atoms with Gasteiger partial charge in [-0.2, -0.15) is 0 Å². The molecule has 1 saturated heterocycles. The molecule has 3 nitrogen and oxygen atoms in total. The molecule has 3 aromatic rings. The summed E-state index contributed by atoms with van der Waals surface area (Å²) in [5.74, 6) is 0. The van der Waals surface area contributed by atoms with Crippen molar-refractivity contribution in [3.05, 3.63) is 54.2 Å². The second kappa shape index (κ2) is 6.79. The van der Waals surface area contributed by atoms with Gasteiger partial charge in [0, 0.05) is 23.7 Å². The van der Waals surface area contributed by atoms with Crippen LogP contribution in [0.2, 0.25) is 0 Å². The van der Waals surface area contributed by atoms with Crippen LogP contribution in [0.15, 0.2) is 48.7 Å². The number of hydrogen-bond acceptors (Lipinski definition) is 4. The number of nitrogens with zero attached hydrogens (tertiary/aromatic N) is 1. The molecule has 2 aromatic heterocycles. The highest BCUT2D eigenvalue weighted by atomic mass is 32.1. The first-order valence-electron chi connectivity index (χ1n) is 8.26. The smallest absolute Gasteiger partial charge is 0.0816 e. The van der Waals surface area contributed by atoms with Crippen LogP contribution in [0.4, 0.5) is 0 Å². The van der Waals surface area contributed by atoms with E-state index < -0.39 is 0 Å². The Morgan fingerprint density at radius 2 is 2.13 bits per heavy atom. The summed E-state index contributed by atoms with van der Waals surface area (Å²) in [6.45, 7) is 3.31. The molecule has 1 aromatic carbocycles. The molecule has 1 unspecified atom stereocenters. The van der Waals surface area contributed by atoms with E-state index in [1.807, 2.05) is 23.6 Å². The summed E-state index contributed by atoms with van der Waals surface area (Å²) in [6, 6.07) is 15.9. The molecular formula is C19H21N3S. The molecule has 0 spiro atoms. The Balaban J connectivity index is 1.40. The molecule has 1 fully saturated rings. The quantitative estimate of drug-likeness (QED) is 0.755. The molecule has 1 atom stereocenters. The lowest BCUT2D eigenvalue weighted by Gasteiger charge is -2.11. The minimum Gasteiger partial charge on any atom is -0.315 e. The summed E-state index contributed by atoms with van der Waals surface area (Å²) in [6.07, 6.45) is 4.19. The number of nitrogens with one attached hydrogen (secondary N) is 2. The number of thiophene rings is 1. The lowest BCUT2D eigenvalue weighted by Crippen LogP contribution is -2.32. The molecule has 1 aliphatic rings. The number of rotatable bonds is 5. The van der Waals surface area contributed by atoms with Crippen molar-refractivity contribution in [1.29, 1.82) is 0 Å². The summed E-state index contributed by atoms with van der Waals surface area (Å²) in [4.78, 5) is 5.71. The van der Waals surface area contributed by atoms with Crippen molar-refractivity contribution in [1.82, 2.24) is 15.6 Å². The van der Waals surface area contributed by atoms with Crippen molar-refractivity contribution in [3.63, 3.8) is 0 Å². The van der Waals surface area contributed by atoms with Gasteiger partial charge in [0.25, 0.3) is 0 Å². The van der Waals surface area contributed by atoms with E-state index in [-0.39, 0.29) is 0 Å². The topological polar surface area (TPSA) is 37.0 Å². The first kappa shape index (κ1) is 14.8. The highest BCUT2D eigenvalue weighted by Gasteiger charge is 2.12. The molecule has 118 valence electrons. The van der Waals surface area contributed by atoms with Gasteiger partial charge in [-0.1, -0.05) is 24.3 Å². The minimum absolute atomic E-state index is 0.653. The van der Waals surface area contributed by atoms with Crippen LogP contribution in [0.3, 0.4) is 0 Å². The molecule has 23 heavy (non-hydrogen) atoms. The zero-order valence-electron chi connectivity index (χ0n) is 13.1. The van der Waals surface area contributed by atoms with Crippen molar-refractivity contribution in [3.8, 4) is 10.4 Å². The Morgan fingerprint density at radius 3 is 2.91 bits per heavy atom. The average Bonchev–Trinajstić information content (AvgIpc) is 3.24. The Kier molecular flexibility index (Phi) is 4.37. The molecule has 0 amide bonds. The third-order valence-electron chi connectivity index (χ3n) is 4.43. The van der Waals surface area contributed by atoms with Gasteiger partial charge in [-0.15, -0.1) is 11.3 Å². The molecule has 3 heterocycles. The average molecular weight is 323 g/mol. The highest BCUT2D eigenvalue weighted by Crippen LogP contribution is 2.32. The van der Waals surface area contributed by atoms with Gasteiger partial charge >= 0.3 is 0 Å². The molecule has 0 radical (unpaired) electrons. The molecule has 0 aliphatic carbocycles. The van der Waals surface area contributed by atoms with Crippen molar-refractivity contribution in [2.45, 2.75) is 18.9 Å². The summed E-state index contributed by atoms with van der Waals surface area (Å²) < 4.78 is 1.25. The molecule has 1 aliphatic heterocycles. The van der Waals surface area contributed by atoms with E-state index in [0.717, 1.165) is 31.6 Å². The summed E-state index contributed by atoms with van der Waals surface area (Å²) in [5, 5.41) is 7.02. The van der Waals surface area contributed by atoms with Crippen LogP contribution in [0.1, 0.15) is 12.0 Å². The summed E-state index contributed by atoms with van der Waals surface area (Å²) in [5.41, 5.74) is 3.77. The fourth-order valence-corrected chi connectivity index (χ4v) is 4.12. The van der Waals surface area contributed by atoms with E-state index in [1.165, 1.54) is 27.1 Å². The highest BCUT2D eigenvalue weighted by molar-refractivity contribution is 7.22. The lowest BCUT2D eigenvalue weighted by molar-refractivity contribution is 0.550.